The molecule has 0 saturated carbocycles. The Bertz CT molecular complexity index is 599. The number of aromatic nitrogens is 2. The number of hydrogen-bond donors (Lipinski definition) is 0. The zero-order valence-electron chi connectivity index (χ0n) is 9.76. The first kappa shape index (κ1) is 13.6. The zero-order valence-corrected chi connectivity index (χ0v) is 11.3. The van der Waals surface area contributed by atoms with E-state index in [1.807, 2.05) is 0 Å². The van der Waals surface area contributed by atoms with Crippen LogP contribution in [0, 0.1) is 0 Å². The van der Waals surface area contributed by atoms with Gasteiger partial charge in [0.15, 0.2) is 0 Å². The Morgan fingerprint density at radius 3 is 2.42 bits per heavy atom. The Morgan fingerprint density at radius 2 is 1.79 bits per heavy atom. The molecule has 98 valence electrons. The largest absolute Gasteiger partial charge is 0.465 e. The van der Waals surface area contributed by atoms with E-state index in [1.54, 1.807) is 24.3 Å². The third kappa shape index (κ3) is 3.33. The molecule has 2 aromatic rings. The topological polar surface area (TPSA) is 61.3 Å². The SMILES string of the molecule is COC(=O)c1ccccc1Oc1nc(Cl)cc(Cl)n1. The van der Waals surface area contributed by atoms with E-state index >= 15 is 0 Å². The molecule has 0 spiro atoms. The van der Waals surface area contributed by atoms with Gasteiger partial charge in [-0.3, -0.25) is 0 Å². The quantitative estimate of drug-likeness (QED) is 0.642. The van der Waals surface area contributed by atoms with Gasteiger partial charge in [0, 0.05) is 6.07 Å². The van der Waals surface area contributed by atoms with Crippen LogP contribution in [0.2, 0.25) is 10.3 Å². The standard InChI is InChI=1S/C12H8Cl2N2O3/c1-18-11(17)7-4-2-3-5-8(7)19-12-15-9(13)6-10(14)16-12/h2-6H,1H3. The second kappa shape index (κ2) is 5.86. The minimum Gasteiger partial charge on any atom is -0.465 e. The van der Waals surface area contributed by atoms with Gasteiger partial charge in [-0.1, -0.05) is 35.3 Å². The van der Waals surface area contributed by atoms with Gasteiger partial charge in [-0.2, -0.15) is 9.97 Å². The van der Waals surface area contributed by atoms with E-state index in [4.69, 9.17) is 27.9 Å². The van der Waals surface area contributed by atoms with Crippen molar-refractivity contribution >= 4 is 29.2 Å². The molecule has 1 aromatic carbocycles. The van der Waals surface area contributed by atoms with E-state index in [-0.39, 0.29) is 27.6 Å². The van der Waals surface area contributed by atoms with Crippen molar-refractivity contribution in [2.75, 3.05) is 7.11 Å². The van der Waals surface area contributed by atoms with Crippen LogP contribution in [0.5, 0.6) is 11.8 Å². The first-order valence-electron chi connectivity index (χ1n) is 5.15. The van der Waals surface area contributed by atoms with Crippen LogP contribution in [0.15, 0.2) is 30.3 Å². The molecule has 2 rings (SSSR count). The van der Waals surface area contributed by atoms with Gasteiger partial charge < -0.3 is 9.47 Å². The van der Waals surface area contributed by atoms with Gasteiger partial charge in [0.05, 0.1) is 7.11 Å². The van der Waals surface area contributed by atoms with Gasteiger partial charge >= 0.3 is 12.0 Å². The highest BCUT2D eigenvalue weighted by molar-refractivity contribution is 6.33. The number of benzene rings is 1. The Morgan fingerprint density at radius 1 is 1.16 bits per heavy atom. The van der Waals surface area contributed by atoms with Crippen molar-refractivity contribution in [3.63, 3.8) is 0 Å². The van der Waals surface area contributed by atoms with Crippen molar-refractivity contribution in [3.8, 4) is 11.8 Å². The molecule has 0 unspecified atom stereocenters. The predicted octanol–water partition coefficient (Wildman–Crippen LogP) is 3.36. The lowest BCUT2D eigenvalue weighted by molar-refractivity contribution is 0.0598. The highest BCUT2D eigenvalue weighted by Gasteiger charge is 2.14. The molecule has 19 heavy (non-hydrogen) atoms. The summed E-state index contributed by atoms with van der Waals surface area (Å²) in [6, 6.07) is 7.87. The molecular formula is C12H8Cl2N2O3. The number of rotatable bonds is 3. The summed E-state index contributed by atoms with van der Waals surface area (Å²) < 4.78 is 10.1. The molecule has 7 heteroatoms. The van der Waals surface area contributed by atoms with E-state index in [2.05, 4.69) is 14.7 Å². The van der Waals surface area contributed by atoms with Crippen LogP contribution in [-0.4, -0.2) is 23.0 Å². The summed E-state index contributed by atoms with van der Waals surface area (Å²) in [4.78, 5) is 19.3. The highest BCUT2D eigenvalue weighted by Crippen LogP contribution is 2.25. The van der Waals surface area contributed by atoms with Crippen molar-refractivity contribution in [2.45, 2.75) is 0 Å². The minimum atomic E-state index is -0.524. The number of carbonyl (C=O) groups excluding carboxylic acids is 1. The van der Waals surface area contributed by atoms with Crippen molar-refractivity contribution in [1.29, 1.82) is 0 Å². The molecule has 0 amide bonds. The summed E-state index contributed by atoms with van der Waals surface area (Å²) in [7, 11) is 1.28. The van der Waals surface area contributed by atoms with Crippen LogP contribution in [-0.2, 0) is 4.74 Å². The fraction of sp³-hybridized carbons (Fsp3) is 0.0833. The van der Waals surface area contributed by atoms with E-state index in [0.29, 0.717) is 0 Å². The Hall–Kier alpha value is -1.85. The van der Waals surface area contributed by atoms with Crippen LogP contribution in [0.4, 0.5) is 0 Å². The normalized spacial score (nSPS) is 10.1. The average molecular weight is 299 g/mol. The summed E-state index contributed by atoms with van der Waals surface area (Å²) >= 11 is 11.5. The first-order chi connectivity index (χ1) is 9.10. The molecule has 0 N–H and O–H groups in total. The number of halogens is 2. The summed E-state index contributed by atoms with van der Waals surface area (Å²) in [6.07, 6.45) is 0. The second-order valence-electron chi connectivity index (χ2n) is 3.39. The summed E-state index contributed by atoms with van der Waals surface area (Å²) in [5, 5.41) is 0.288. The Balaban J connectivity index is 2.35. The fourth-order valence-corrected chi connectivity index (χ4v) is 1.76. The maximum absolute atomic E-state index is 11.6. The lowest BCUT2D eigenvalue weighted by Gasteiger charge is -2.08. The number of carbonyl (C=O) groups is 1. The van der Waals surface area contributed by atoms with Crippen LogP contribution < -0.4 is 4.74 Å². The van der Waals surface area contributed by atoms with Crippen molar-refractivity contribution < 1.29 is 14.3 Å². The van der Waals surface area contributed by atoms with Gasteiger partial charge in [-0.15, -0.1) is 0 Å². The molecule has 0 aliphatic carbocycles. The van der Waals surface area contributed by atoms with Crippen molar-refractivity contribution in [3.05, 3.63) is 46.2 Å². The van der Waals surface area contributed by atoms with E-state index in [0.717, 1.165) is 0 Å². The molecule has 0 radical (unpaired) electrons. The first-order valence-corrected chi connectivity index (χ1v) is 5.91. The molecule has 0 bridgehead atoms. The highest BCUT2D eigenvalue weighted by atomic mass is 35.5. The minimum absolute atomic E-state index is 0.0474. The smallest absolute Gasteiger partial charge is 0.341 e. The second-order valence-corrected chi connectivity index (χ2v) is 4.16. The van der Waals surface area contributed by atoms with E-state index < -0.39 is 5.97 Å². The van der Waals surface area contributed by atoms with Gasteiger partial charge in [0.1, 0.15) is 21.6 Å². The number of nitrogens with zero attached hydrogens (tertiary/aromatic N) is 2. The number of ether oxygens (including phenoxy) is 2. The van der Waals surface area contributed by atoms with Gasteiger partial charge in [0.2, 0.25) is 0 Å². The van der Waals surface area contributed by atoms with Gasteiger partial charge in [-0.05, 0) is 12.1 Å². The molecule has 0 fully saturated rings. The Labute approximate surface area is 119 Å². The Kier molecular flexibility index (Phi) is 4.19. The van der Waals surface area contributed by atoms with Gasteiger partial charge in [-0.25, -0.2) is 4.79 Å². The molecule has 5 nitrogen and oxygen atoms in total. The number of methoxy groups -OCH3 is 1. The molecule has 1 aromatic heterocycles. The van der Waals surface area contributed by atoms with Crippen molar-refractivity contribution in [1.82, 2.24) is 9.97 Å². The van der Waals surface area contributed by atoms with Crippen LogP contribution in [0.3, 0.4) is 0 Å². The molecule has 0 aliphatic rings. The van der Waals surface area contributed by atoms with Crippen LogP contribution in [0.1, 0.15) is 10.4 Å². The van der Waals surface area contributed by atoms with Gasteiger partial charge in [0.25, 0.3) is 0 Å². The zero-order chi connectivity index (χ0) is 13.8. The lowest BCUT2D eigenvalue weighted by atomic mass is 10.2. The number of para-hydroxylation sites is 1. The molecule has 1 heterocycles. The van der Waals surface area contributed by atoms with E-state index in [1.165, 1.54) is 13.2 Å². The summed E-state index contributed by atoms with van der Waals surface area (Å²) in [6.45, 7) is 0. The summed E-state index contributed by atoms with van der Waals surface area (Å²) in [5.41, 5.74) is 0.254. The number of hydrogen-bond acceptors (Lipinski definition) is 5. The van der Waals surface area contributed by atoms with Crippen molar-refractivity contribution in [2.24, 2.45) is 0 Å². The number of esters is 1. The monoisotopic (exact) mass is 298 g/mol. The van der Waals surface area contributed by atoms with E-state index in [9.17, 15) is 4.79 Å². The fourth-order valence-electron chi connectivity index (χ4n) is 1.35. The molecular weight excluding hydrogens is 291 g/mol. The molecule has 0 saturated heterocycles. The third-order valence-electron chi connectivity index (χ3n) is 2.14. The summed E-state index contributed by atoms with van der Waals surface area (Å²) in [5.74, 6) is -0.267. The molecule has 0 aliphatic heterocycles. The molecule has 0 atom stereocenters. The maximum atomic E-state index is 11.6. The third-order valence-corrected chi connectivity index (χ3v) is 2.52. The predicted molar refractivity (Wildman–Crippen MR) is 69.9 cm³/mol. The maximum Gasteiger partial charge on any atom is 0.341 e. The average Bonchev–Trinajstić information content (AvgIpc) is 2.37. The lowest BCUT2D eigenvalue weighted by Crippen LogP contribution is -2.04. The van der Waals surface area contributed by atoms with Crippen LogP contribution in [0.25, 0.3) is 0 Å². The van der Waals surface area contributed by atoms with Crippen LogP contribution >= 0.6 is 23.2 Å².